The lowest BCUT2D eigenvalue weighted by Crippen LogP contribution is -2.46. The van der Waals surface area contributed by atoms with Gasteiger partial charge in [0.05, 0.1) is 0 Å². The molecule has 1 unspecified atom stereocenters. The molecule has 2 aliphatic heterocycles. The van der Waals surface area contributed by atoms with Crippen LogP contribution in [-0.4, -0.2) is 49.6 Å². The molecule has 0 bridgehead atoms. The van der Waals surface area contributed by atoms with Crippen LogP contribution in [0.25, 0.3) is 0 Å². The van der Waals surface area contributed by atoms with Crippen LogP contribution in [0, 0.1) is 11.3 Å². The van der Waals surface area contributed by atoms with Gasteiger partial charge in [-0.15, -0.1) is 0 Å². The van der Waals surface area contributed by atoms with E-state index in [0.29, 0.717) is 0 Å². The highest BCUT2D eigenvalue weighted by Gasteiger charge is 2.36. The fourth-order valence-corrected chi connectivity index (χ4v) is 3.89. The number of rotatable bonds is 5. The second-order valence-corrected chi connectivity index (χ2v) is 7.35. The van der Waals surface area contributed by atoms with E-state index in [-0.39, 0.29) is 0 Å². The number of unbranched alkanes of at least 4 members (excludes halogenated alkanes) is 1. The van der Waals surface area contributed by atoms with Crippen molar-refractivity contribution in [2.45, 2.75) is 58.8 Å². The Bertz CT molecular complexity index is 246. The van der Waals surface area contributed by atoms with Crippen LogP contribution < -0.4 is 0 Å². The van der Waals surface area contributed by atoms with Gasteiger partial charge in [0.1, 0.15) is 0 Å². The Hall–Kier alpha value is -0.0800. The summed E-state index contributed by atoms with van der Waals surface area (Å²) in [6, 6.07) is 0. The van der Waals surface area contributed by atoms with E-state index in [1.54, 1.807) is 0 Å². The van der Waals surface area contributed by atoms with Gasteiger partial charge in [0.15, 0.2) is 0 Å². The minimum atomic E-state index is 0.718. The molecular formula is C17H34N2. The van der Waals surface area contributed by atoms with Crippen molar-refractivity contribution in [1.82, 2.24) is 9.80 Å². The van der Waals surface area contributed by atoms with E-state index in [0.717, 1.165) is 11.3 Å². The highest BCUT2D eigenvalue weighted by atomic mass is 15.1. The number of nitrogens with zero attached hydrogens (tertiary/aromatic N) is 2. The highest BCUT2D eigenvalue weighted by molar-refractivity contribution is 4.90. The van der Waals surface area contributed by atoms with Crippen molar-refractivity contribution < 1.29 is 0 Å². The minimum Gasteiger partial charge on any atom is -0.306 e. The second kappa shape index (κ2) is 7.08. The molecular weight excluding hydrogens is 232 g/mol. The molecule has 0 aromatic carbocycles. The Balaban J connectivity index is 1.70. The highest BCUT2D eigenvalue weighted by Crippen LogP contribution is 2.41. The van der Waals surface area contributed by atoms with Crippen LogP contribution in [-0.2, 0) is 0 Å². The van der Waals surface area contributed by atoms with E-state index in [2.05, 4.69) is 30.7 Å². The van der Waals surface area contributed by atoms with E-state index in [9.17, 15) is 0 Å². The first-order chi connectivity index (χ1) is 9.13. The van der Waals surface area contributed by atoms with Crippen molar-refractivity contribution in [3.63, 3.8) is 0 Å². The Morgan fingerprint density at radius 3 is 2.16 bits per heavy atom. The predicted octanol–water partition coefficient (Wildman–Crippen LogP) is 3.62. The maximum absolute atomic E-state index is 2.74. The molecule has 0 N–H and O–H groups in total. The SMILES string of the molecule is CCCCC(C)CN1CCC2(CCN(C)CC2)CC1. The summed E-state index contributed by atoms with van der Waals surface area (Å²) in [6.45, 7) is 11.5. The zero-order valence-electron chi connectivity index (χ0n) is 13.5. The van der Waals surface area contributed by atoms with Gasteiger partial charge in [0.25, 0.3) is 0 Å². The fourth-order valence-electron chi connectivity index (χ4n) is 3.89. The van der Waals surface area contributed by atoms with Crippen molar-refractivity contribution >= 4 is 0 Å². The van der Waals surface area contributed by atoms with Crippen LogP contribution in [0.1, 0.15) is 58.8 Å². The smallest absolute Gasteiger partial charge is 0.000703 e. The van der Waals surface area contributed by atoms with Crippen LogP contribution in [0.3, 0.4) is 0 Å². The lowest BCUT2D eigenvalue weighted by atomic mass is 9.71. The van der Waals surface area contributed by atoms with Crippen molar-refractivity contribution in [2.75, 3.05) is 39.8 Å². The Morgan fingerprint density at radius 2 is 1.58 bits per heavy atom. The predicted molar refractivity (Wildman–Crippen MR) is 83.5 cm³/mol. The summed E-state index contributed by atoms with van der Waals surface area (Å²) in [7, 11) is 2.28. The summed E-state index contributed by atoms with van der Waals surface area (Å²) >= 11 is 0. The number of hydrogen-bond acceptors (Lipinski definition) is 2. The molecule has 2 nitrogen and oxygen atoms in total. The lowest BCUT2D eigenvalue weighted by Gasteiger charge is -2.46. The molecule has 1 atom stereocenters. The zero-order valence-corrected chi connectivity index (χ0v) is 13.5. The maximum atomic E-state index is 2.74. The third-order valence-corrected chi connectivity index (χ3v) is 5.58. The zero-order chi connectivity index (χ0) is 13.7. The second-order valence-electron chi connectivity index (χ2n) is 7.35. The average molecular weight is 266 g/mol. The van der Waals surface area contributed by atoms with Gasteiger partial charge in [-0.05, 0) is 76.7 Å². The molecule has 0 amide bonds. The Labute approximate surface area is 120 Å². The Kier molecular flexibility index (Phi) is 5.70. The van der Waals surface area contributed by atoms with Crippen molar-refractivity contribution in [2.24, 2.45) is 11.3 Å². The monoisotopic (exact) mass is 266 g/mol. The molecule has 2 rings (SSSR count). The number of piperidine rings is 2. The topological polar surface area (TPSA) is 6.48 Å². The van der Waals surface area contributed by atoms with Crippen LogP contribution in [0.15, 0.2) is 0 Å². The fraction of sp³-hybridized carbons (Fsp3) is 1.00. The molecule has 0 aromatic heterocycles. The van der Waals surface area contributed by atoms with Gasteiger partial charge in [0.2, 0.25) is 0 Å². The maximum Gasteiger partial charge on any atom is 0.000703 e. The van der Waals surface area contributed by atoms with Crippen LogP contribution in [0.5, 0.6) is 0 Å². The van der Waals surface area contributed by atoms with Crippen molar-refractivity contribution in [3.8, 4) is 0 Å². The van der Waals surface area contributed by atoms with Crippen LogP contribution in [0.2, 0.25) is 0 Å². The molecule has 0 aromatic rings. The molecule has 2 fully saturated rings. The molecule has 0 radical (unpaired) electrons. The quantitative estimate of drug-likeness (QED) is 0.750. The number of hydrogen-bond donors (Lipinski definition) is 0. The molecule has 0 saturated carbocycles. The summed E-state index contributed by atoms with van der Waals surface area (Å²) in [5, 5.41) is 0. The molecule has 19 heavy (non-hydrogen) atoms. The minimum absolute atomic E-state index is 0.718. The van der Waals surface area contributed by atoms with Gasteiger partial charge < -0.3 is 9.80 Å². The summed E-state index contributed by atoms with van der Waals surface area (Å²) in [6.07, 6.45) is 9.99. The van der Waals surface area contributed by atoms with E-state index >= 15 is 0 Å². The van der Waals surface area contributed by atoms with Gasteiger partial charge in [-0.25, -0.2) is 0 Å². The van der Waals surface area contributed by atoms with E-state index in [4.69, 9.17) is 0 Å². The van der Waals surface area contributed by atoms with Crippen molar-refractivity contribution in [3.05, 3.63) is 0 Å². The first kappa shape index (κ1) is 15.3. The Morgan fingerprint density at radius 1 is 1.00 bits per heavy atom. The average Bonchev–Trinajstić information content (AvgIpc) is 2.43. The molecule has 2 saturated heterocycles. The first-order valence-electron chi connectivity index (χ1n) is 8.54. The van der Waals surface area contributed by atoms with E-state index in [1.165, 1.54) is 77.7 Å². The summed E-state index contributed by atoms with van der Waals surface area (Å²) in [5.74, 6) is 0.895. The molecule has 2 heterocycles. The number of likely N-dealkylation sites (tertiary alicyclic amines) is 2. The molecule has 2 heteroatoms. The van der Waals surface area contributed by atoms with Gasteiger partial charge >= 0.3 is 0 Å². The third kappa shape index (κ3) is 4.46. The molecule has 0 aliphatic carbocycles. The van der Waals surface area contributed by atoms with Crippen molar-refractivity contribution in [1.29, 1.82) is 0 Å². The van der Waals surface area contributed by atoms with Gasteiger partial charge in [-0.3, -0.25) is 0 Å². The van der Waals surface area contributed by atoms with E-state index in [1.807, 2.05) is 0 Å². The molecule has 2 aliphatic rings. The van der Waals surface area contributed by atoms with Gasteiger partial charge in [0, 0.05) is 6.54 Å². The normalized spacial score (nSPS) is 26.7. The van der Waals surface area contributed by atoms with Gasteiger partial charge in [-0.1, -0.05) is 26.7 Å². The summed E-state index contributed by atoms with van der Waals surface area (Å²) in [4.78, 5) is 5.24. The van der Waals surface area contributed by atoms with Crippen LogP contribution >= 0.6 is 0 Å². The van der Waals surface area contributed by atoms with Gasteiger partial charge in [-0.2, -0.15) is 0 Å². The largest absolute Gasteiger partial charge is 0.306 e. The standard InChI is InChI=1S/C17H34N2/c1-4-5-6-16(2)15-19-13-9-17(10-14-19)7-11-18(3)12-8-17/h16H,4-15H2,1-3H3. The molecule has 112 valence electrons. The lowest BCUT2D eigenvalue weighted by molar-refractivity contribution is 0.0376. The first-order valence-corrected chi connectivity index (χ1v) is 8.54. The summed E-state index contributed by atoms with van der Waals surface area (Å²) < 4.78 is 0. The van der Waals surface area contributed by atoms with Crippen LogP contribution in [0.4, 0.5) is 0 Å². The third-order valence-electron chi connectivity index (χ3n) is 5.58. The molecule has 1 spiro atoms. The van der Waals surface area contributed by atoms with E-state index < -0.39 is 0 Å². The summed E-state index contributed by atoms with van der Waals surface area (Å²) in [5.41, 5.74) is 0.718.